The Morgan fingerprint density at radius 3 is 1.75 bits per heavy atom. The van der Waals surface area contributed by atoms with Crippen LogP contribution in [-0.2, 0) is 10.8 Å². The molecule has 0 amide bonds. The summed E-state index contributed by atoms with van der Waals surface area (Å²) in [7, 11) is 0. The number of fused-ring (bicyclic) bond motifs is 8. The van der Waals surface area contributed by atoms with Crippen molar-refractivity contribution in [1.29, 1.82) is 0 Å². The zero-order chi connectivity index (χ0) is 41.5. The van der Waals surface area contributed by atoms with Crippen molar-refractivity contribution in [2.45, 2.75) is 45.4 Å². The van der Waals surface area contributed by atoms with Crippen molar-refractivity contribution in [1.82, 2.24) is 0 Å². The number of nitrogens with zero attached hydrogens (tertiary/aromatic N) is 1. The first kappa shape index (κ1) is 36.9. The van der Waals surface area contributed by atoms with Gasteiger partial charge >= 0.3 is 0 Å². The molecule has 0 fully saturated rings. The predicted octanol–water partition coefficient (Wildman–Crippen LogP) is 16.8. The monoisotopic (exact) mass is 785 g/mol. The number of rotatable bonds is 6. The van der Waals surface area contributed by atoms with Gasteiger partial charge in [-0.15, -0.1) is 0 Å². The summed E-state index contributed by atoms with van der Waals surface area (Å²) < 4.78 is 7.00. The van der Waals surface area contributed by atoms with Crippen LogP contribution in [0.1, 0.15) is 51.3 Å². The Hall–Kier alpha value is -7.16. The average molecular weight is 786 g/mol. The maximum atomic E-state index is 7.00. The highest BCUT2D eigenvalue weighted by molar-refractivity contribution is 6.19. The second kappa shape index (κ2) is 14.0. The molecule has 0 aliphatic heterocycles. The van der Waals surface area contributed by atoms with Gasteiger partial charge in [0.25, 0.3) is 0 Å². The number of anilines is 3. The zero-order valence-electron chi connectivity index (χ0n) is 35.3. The summed E-state index contributed by atoms with van der Waals surface area (Å²) >= 11 is 0. The zero-order valence-corrected chi connectivity index (χ0v) is 35.3. The van der Waals surface area contributed by atoms with Crippen LogP contribution in [-0.4, -0.2) is 0 Å². The van der Waals surface area contributed by atoms with Crippen LogP contribution in [0.2, 0.25) is 0 Å². The minimum absolute atomic E-state index is 0.115. The average Bonchev–Trinajstić information content (AvgIpc) is 3.79. The van der Waals surface area contributed by atoms with Gasteiger partial charge in [-0.2, -0.15) is 0 Å². The topological polar surface area (TPSA) is 16.4 Å². The fourth-order valence-electron chi connectivity index (χ4n) is 9.81. The molecule has 61 heavy (non-hydrogen) atoms. The van der Waals surface area contributed by atoms with E-state index in [4.69, 9.17) is 4.42 Å². The Bertz CT molecular complexity index is 3270. The molecule has 0 saturated heterocycles. The van der Waals surface area contributed by atoms with Crippen molar-refractivity contribution in [2.24, 2.45) is 0 Å². The van der Waals surface area contributed by atoms with E-state index >= 15 is 0 Å². The third kappa shape index (κ3) is 6.08. The largest absolute Gasteiger partial charge is 0.455 e. The Balaban J connectivity index is 1.07. The maximum Gasteiger partial charge on any atom is 0.144 e. The normalized spacial score (nSPS) is 13.1. The lowest BCUT2D eigenvalue weighted by Gasteiger charge is -2.32. The lowest BCUT2D eigenvalue weighted by Crippen LogP contribution is -2.20. The number of para-hydroxylation sites is 2. The fourth-order valence-corrected chi connectivity index (χ4v) is 9.81. The number of furan rings is 1. The van der Waals surface area contributed by atoms with Gasteiger partial charge in [0, 0.05) is 33.1 Å². The number of hydrogen-bond acceptors (Lipinski definition) is 2. The molecule has 0 radical (unpaired) electrons. The second-order valence-corrected chi connectivity index (χ2v) is 18.2. The van der Waals surface area contributed by atoms with Crippen LogP contribution < -0.4 is 4.90 Å². The summed E-state index contributed by atoms with van der Waals surface area (Å²) in [5, 5.41) is 4.74. The molecule has 1 heterocycles. The first-order chi connectivity index (χ1) is 29.6. The van der Waals surface area contributed by atoms with E-state index in [1.165, 1.54) is 72.0 Å². The molecule has 11 rings (SSSR count). The second-order valence-electron chi connectivity index (χ2n) is 18.2. The molecule has 1 aromatic heterocycles. The van der Waals surface area contributed by atoms with E-state index in [1.807, 2.05) is 0 Å². The van der Waals surface area contributed by atoms with Crippen LogP contribution in [0.15, 0.2) is 199 Å². The lowest BCUT2D eigenvalue weighted by atomic mass is 9.80. The Labute approximate surface area is 358 Å². The van der Waals surface area contributed by atoms with Crippen molar-refractivity contribution in [3.8, 4) is 44.5 Å². The van der Waals surface area contributed by atoms with E-state index in [1.54, 1.807) is 0 Å². The Kier molecular flexibility index (Phi) is 8.44. The molecule has 2 nitrogen and oxygen atoms in total. The quantitative estimate of drug-likeness (QED) is 0.167. The van der Waals surface area contributed by atoms with E-state index in [9.17, 15) is 0 Å². The highest BCUT2D eigenvalue weighted by Gasteiger charge is 2.42. The Morgan fingerprint density at radius 1 is 0.475 bits per heavy atom. The molecule has 0 saturated carbocycles. The molecule has 1 aliphatic carbocycles. The van der Waals surface area contributed by atoms with Gasteiger partial charge in [0.05, 0.1) is 5.69 Å². The van der Waals surface area contributed by atoms with Crippen molar-refractivity contribution < 1.29 is 4.42 Å². The van der Waals surface area contributed by atoms with Crippen molar-refractivity contribution in [2.75, 3.05) is 4.90 Å². The molecule has 0 spiro atoms. The summed E-state index contributed by atoms with van der Waals surface area (Å²) in [6.45, 7) is 11.6. The van der Waals surface area contributed by atoms with Gasteiger partial charge < -0.3 is 9.32 Å². The molecule has 0 bridgehead atoms. The summed E-state index contributed by atoms with van der Waals surface area (Å²) in [5.74, 6) is 0. The minimum Gasteiger partial charge on any atom is -0.455 e. The third-order valence-electron chi connectivity index (χ3n) is 13.0. The number of hydrogen-bond donors (Lipinski definition) is 0. The van der Waals surface area contributed by atoms with E-state index in [0.717, 1.165) is 39.0 Å². The predicted molar refractivity (Wildman–Crippen MR) is 258 cm³/mol. The molecule has 2 heteroatoms. The van der Waals surface area contributed by atoms with Crippen LogP contribution in [0, 0.1) is 0 Å². The summed E-state index contributed by atoms with van der Waals surface area (Å²) in [4.78, 5) is 2.43. The number of benzene rings is 9. The van der Waals surface area contributed by atoms with Gasteiger partial charge in [0.1, 0.15) is 11.2 Å². The summed E-state index contributed by atoms with van der Waals surface area (Å²) in [6.07, 6.45) is 0. The SMILES string of the molecule is CC(C)(C)c1ccc(-c2ccc(N(c3ccccc3)c3cccc4c3C(C)(C)c3cc(-c5ccc6cc(-c7ccccc7)ccc6c5)c5c(oc6ccccc65)c3-4)cc2)cc1. The van der Waals surface area contributed by atoms with E-state index in [-0.39, 0.29) is 10.8 Å². The molecular weight excluding hydrogens is 739 g/mol. The van der Waals surface area contributed by atoms with Gasteiger partial charge in [-0.05, 0) is 126 Å². The highest BCUT2D eigenvalue weighted by Crippen LogP contribution is 2.58. The molecule has 1 aliphatic rings. The molecule has 294 valence electrons. The standard InChI is InChI=1S/C59H47NO/c1-58(2,3)45-31-27-39(28-32-45)40-29-33-47(34-30-40)60(46-17-10-7-11-18-46)52-21-14-20-49-55-51(59(4,5)56(49)52)37-50(54-48-19-12-13-22-53(48)61-57(54)55)44-26-25-42-35-41(23-24-43(42)36-44)38-15-8-6-9-16-38/h6-37H,1-5H3. The third-order valence-corrected chi connectivity index (χ3v) is 13.0. The fraction of sp³-hybridized carbons (Fsp3) is 0.119. The van der Waals surface area contributed by atoms with Crippen LogP contribution in [0.25, 0.3) is 77.2 Å². The van der Waals surface area contributed by atoms with E-state index < -0.39 is 0 Å². The van der Waals surface area contributed by atoms with Crippen LogP contribution >= 0.6 is 0 Å². The first-order valence-electron chi connectivity index (χ1n) is 21.4. The van der Waals surface area contributed by atoms with Crippen molar-refractivity contribution in [3.63, 3.8) is 0 Å². The first-order valence-corrected chi connectivity index (χ1v) is 21.4. The smallest absolute Gasteiger partial charge is 0.144 e. The van der Waals surface area contributed by atoms with Crippen LogP contribution in [0.3, 0.4) is 0 Å². The van der Waals surface area contributed by atoms with Gasteiger partial charge in [-0.1, -0.05) is 174 Å². The van der Waals surface area contributed by atoms with Gasteiger partial charge in [-0.25, -0.2) is 0 Å². The highest BCUT2D eigenvalue weighted by atomic mass is 16.3. The van der Waals surface area contributed by atoms with Crippen LogP contribution in [0.4, 0.5) is 17.1 Å². The van der Waals surface area contributed by atoms with E-state index in [2.05, 4.69) is 234 Å². The van der Waals surface area contributed by atoms with Gasteiger partial charge in [-0.3, -0.25) is 0 Å². The van der Waals surface area contributed by atoms with Crippen LogP contribution in [0.5, 0.6) is 0 Å². The summed E-state index contributed by atoms with van der Waals surface area (Å²) in [6, 6.07) is 71.0. The van der Waals surface area contributed by atoms with Gasteiger partial charge in [0.15, 0.2) is 0 Å². The lowest BCUT2D eigenvalue weighted by molar-refractivity contribution is 0.590. The van der Waals surface area contributed by atoms with Crippen molar-refractivity contribution >= 4 is 49.8 Å². The molecular formula is C59H47NO. The minimum atomic E-state index is -0.355. The molecule has 0 unspecified atom stereocenters. The van der Waals surface area contributed by atoms with Gasteiger partial charge in [0.2, 0.25) is 0 Å². The molecule has 0 N–H and O–H groups in total. The maximum absolute atomic E-state index is 7.00. The van der Waals surface area contributed by atoms with E-state index in [0.29, 0.717) is 0 Å². The summed E-state index contributed by atoms with van der Waals surface area (Å²) in [5.41, 5.74) is 18.6. The van der Waals surface area contributed by atoms with Crippen molar-refractivity contribution in [3.05, 3.63) is 211 Å². The molecule has 10 aromatic rings. The molecule has 0 atom stereocenters. The molecule has 9 aromatic carbocycles. The Morgan fingerprint density at radius 2 is 1.05 bits per heavy atom.